The molecular formula is C11H18N2O2S. The van der Waals surface area contributed by atoms with Crippen LogP contribution in [0.25, 0.3) is 0 Å². The number of hydrogen-bond acceptors (Lipinski definition) is 4. The summed E-state index contributed by atoms with van der Waals surface area (Å²) in [7, 11) is 0. The molecule has 1 aromatic rings. The van der Waals surface area contributed by atoms with Crippen molar-refractivity contribution in [3.8, 4) is 0 Å². The monoisotopic (exact) mass is 242 g/mol. The largest absolute Gasteiger partial charge is 0.392 e. The Morgan fingerprint density at radius 1 is 1.62 bits per heavy atom. The molecule has 90 valence electrons. The summed E-state index contributed by atoms with van der Waals surface area (Å²) in [4.78, 5) is 12.0. The minimum atomic E-state index is -0.302. The van der Waals surface area contributed by atoms with Crippen LogP contribution in [-0.2, 0) is 11.3 Å². The van der Waals surface area contributed by atoms with Crippen LogP contribution in [0, 0.1) is 0 Å². The van der Waals surface area contributed by atoms with Gasteiger partial charge in [-0.1, -0.05) is 6.92 Å². The summed E-state index contributed by atoms with van der Waals surface area (Å²) in [6.07, 6.45) is 0.444. The molecule has 1 aromatic heterocycles. The van der Waals surface area contributed by atoms with Crippen molar-refractivity contribution in [2.75, 3.05) is 11.9 Å². The number of carbonyl (C=O) groups is 1. The van der Waals surface area contributed by atoms with E-state index in [1.807, 2.05) is 18.4 Å². The van der Waals surface area contributed by atoms with Gasteiger partial charge in [-0.05, 0) is 17.9 Å². The van der Waals surface area contributed by atoms with E-state index < -0.39 is 0 Å². The average Bonchev–Trinajstić information content (AvgIpc) is 2.64. The second-order valence-electron chi connectivity index (χ2n) is 3.63. The van der Waals surface area contributed by atoms with Crippen molar-refractivity contribution < 1.29 is 9.90 Å². The molecule has 0 aliphatic heterocycles. The number of rotatable bonds is 6. The predicted molar refractivity (Wildman–Crippen MR) is 66.6 cm³/mol. The van der Waals surface area contributed by atoms with E-state index >= 15 is 0 Å². The number of hydrogen-bond donors (Lipinski definition) is 3. The molecule has 1 atom stereocenters. The standard InChI is InChI=1S/C11H18N2O2S/c1-3-9(15)6-12-7-11-10(4-5-16-11)13-8(2)14/h4-5,9,12,15H,3,6-7H2,1-2H3,(H,13,14). The van der Waals surface area contributed by atoms with E-state index in [2.05, 4.69) is 10.6 Å². The van der Waals surface area contributed by atoms with Gasteiger partial charge in [0.1, 0.15) is 0 Å². The Hall–Kier alpha value is -0.910. The first-order valence-corrected chi connectivity index (χ1v) is 6.24. The van der Waals surface area contributed by atoms with Gasteiger partial charge in [-0.2, -0.15) is 0 Å². The van der Waals surface area contributed by atoms with Crippen molar-refractivity contribution in [2.45, 2.75) is 32.9 Å². The summed E-state index contributed by atoms with van der Waals surface area (Å²) < 4.78 is 0. The number of aliphatic hydroxyl groups is 1. The molecule has 0 saturated carbocycles. The molecule has 1 heterocycles. The minimum absolute atomic E-state index is 0.0618. The molecule has 0 bridgehead atoms. The number of amides is 1. The molecule has 3 N–H and O–H groups in total. The van der Waals surface area contributed by atoms with Crippen molar-refractivity contribution in [3.63, 3.8) is 0 Å². The lowest BCUT2D eigenvalue weighted by atomic mass is 10.3. The van der Waals surface area contributed by atoms with Gasteiger partial charge in [0.2, 0.25) is 5.91 Å². The maximum atomic E-state index is 10.9. The first-order chi connectivity index (χ1) is 7.63. The number of thiophene rings is 1. The number of nitrogens with one attached hydrogen (secondary N) is 2. The van der Waals surface area contributed by atoms with Crippen molar-refractivity contribution in [1.29, 1.82) is 0 Å². The molecule has 0 aliphatic carbocycles. The smallest absolute Gasteiger partial charge is 0.221 e. The van der Waals surface area contributed by atoms with E-state index in [9.17, 15) is 9.90 Å². The van der Waals surface area contributed by atoms with Crippen LogP contribution in [0.3, 0.4) is 0 Å². The van der Waals surface area contributed by atoms with Crippen LogP contribution in [0.1, 0.15) is 25.1 Å². The Labute approximate surface area is 99.7 Å². The lowest BCUT2D eigenvalue weighted by Gasteiger charge is -2.09. The zero-order chi connectivity index (χ0) is 12.0. The van der Waals surface area contributed by atoms with Gasteiger partial charge < -0.3 is 15.7 Å². The highest BCUT2D eigenvalue weighted by Gasteiger charge is 2.06. The van der Waals surface area contributed by atoms with Crippen molar-refractivity contribution in [1.82, 2.24) is 5.32 Å². The van der Waals surface area contributed by atoms with E-state index in [0.29, 0.717) is 13.1 Å². The molecule has 0 spiro atoms. The van der Waals surface area contributed by atoms with Gasteiger partial charge in [-0.15, -0.1) is 11.3 Å². The molecule has 1 rings (SSSR count). The quantitative estimate of drug-likeness (QED) is 0.709. The van der Waals surface area contributed by atoms with E-state index in [1.54, 1.807) is 11.3 Å². The average molecular weight is 242 g/mol. The van der Waals surface area contributed by atoms with Crippen molar-refractivity contribution in [3.05, 3.63) is 16.3 Å². The summed E-state index contributed by atoms with van der Waals surface area (Å²) in [6.45, 7) is 4.69. The summed E-state index contributed by atoms with van der Waals surface area (Å²) in [5, 5.41) is 17.3. The molecule has 0 radical (unpaired) electrons. The van der Waals surface area contributed by atoms with E-state index in [4.69, 9.17) is 0 Å². The fourth-order valence-corrected chi connectivity index (χ4v) is 2.08. The Morgan fingerprint density at radius 2 is 2.38 bits per heavy atom. The topological polar surface area (TPSA) is 61.4 Å². The maximum Gasteiger partial charge on any atom is 0.221 e. The Kier molecular flexibility index (Phi) is 5.45. The Morgan fingerprint density at radius 3 is 3.00 bits per heavy atom. The summed E-state index contributed by atoms with van der Waals surface area (Å²) in [5.74, 6) is -0.0618. The van der Waals surface area contributed by atoms with Crippen LogP contribution < -0.4 is 10.6 Å². The Bertz CT molecular complexity index is 338. The number of carbonyl (C=O) groups excluding carboxylic acids is 1. The molecule has 4 nitrogen and oxygen atoms in total. The summed E-state index contributed by atoms with van der Waals surface area (Å²) in [6, 6.07) is 1.89. The Balaban J connectivity index is 2.41. The third-order valence-electron chi connectivity index (χ3n) is 2.19. The second kappa shape index (κ2) is 6.62. The van der Waals surface area contributed by atoms with Crippen LogP contribution >= 0.6 is 11.3 Å². The van der Waals surface area contributed by atoms with Crippen molar-refractivity contribution >= 4 is 22.9 Å². The SMILES string of the molecule is CCC(O)CNCc1sccc1NC(C)=O. The molecular weight excluding hydrogens is 224 g/mol. The summed E-state index contributed by atoms with van der Waals surface area (Å²) in [5.41, 5.74) is 0.857. The highest BCUT2D eigenvalue weighted by atomic mass is 32.1. The third-order valence-corrected chi connectivity index (χ3v) is 3.11. The lowest BCUT2D eigenvalue weighted by molar-refractivity contribution is -0.114. The van der Waals surface area contributed by atoms with E-state index in [0.717, 1.165) is 17.0 Å². The van der Waals surface area contributed by atoms with Gasteiger partial charge in [-0.25, -0.2) is 0 Å². The van der Waals surface area contributed by atoms with Gasteiger partial charge in [0, 0.05) is 24.9 Å². The van der Waals surface area contributed by atoms with Crippen molar-refractivity contribution in [2.24, 2.45) is 0 Å². The fraction of sp³-hybridized carbons (Fsp3) is 0.545. The normalized spacial score (nSPS) is 12.4. The summed E-state index contributed by atoms with van der Waals surface area (Å²) >= 11 is 1.59. The number of anilines is 1. The van der Waals surface area contributed by atoms with Gasteiger partial charge in [0.25, 0.3) is 0 Å². The zero-order valence-electron chi connectivity index (χ0n) is 9.62. The van der Waals surface area contributed by atoms with Crippen LogP contribution in [0.15, 0.2) is 11.4 Å². The fourth-order valence-electron chi connectivity index (χ4n) is 1.28. The molecule has 0 aliphatic rings. The third kappa shape index (κ3) is 4.30. The second-order valence-corrected chi connectivity index (χ2v) is 4.63. The predicted octanol–water partition coefficient (Wildman–Crippen LogP) is 1.57. The molecule has 16 heavy (non-hydrogen) atoms. The van der Waals surface area contributed by atoms with Crippen LogP contribution in [-0.4, -0.2) is 23.7 Å². The molecule has 5 heteroatoms. The first kappa shape index (κ1) is 13.2. The van der Waals surface area contributed by atoms with E-state index in [1.165, 1.54) is 6.92 Å². The molecule has 1 unspecified atom stereocenters. The molecule has 1 amide bonds. The van der Waals surface area contributed by atoms with Gasteiger partial charge in [0.05, 0.1) is 11.8 Å². The highest BCUT2D eigenvalue weighted by Crippen LogP contribution is 2.21. The van der Waals surface area contributed by atoms with Crippen LogP contribution in [0.2, 0.25) is 0 Å². The van der Waals surface area contributed by atoms with Gasteiger partial charge >= 0.3 is 0 Å². The maximum absolute atomic E-state index is 10.9. The first-order valence-electron chi connectivity index (χ1n) is 5.36. The zero-order valence-corrected chi connectivity index (χ0v) is 10.4. The molecule has 0 aromatic carbocycles. The van der Waals surface area contributed by atoms with Crippen LogP contribution in [0.4, 0.5) is 5.69 Å². The van der Waals surface area contributed by atoms with Crippen LogP contribution in [0.5, 0.6) is 0 Å². The molecule has 0 fully saturated rings. The van der Waals surface area contributed by atoms with E-state index in [-0.39, 0.29) is 12.0 Å². The van der Waals surface area contributed by atoms with Gasteiger partial charge in [-0.3, -0.25) is 4.79 Å². The number of aliphatic hydroxyl groups excluding tert-OH is 1. The molecule has 0 saturated heterocycles. The highest BCUT2D eigenvalue weighted by molar-refractivity contribution is 7.10. The lowest BCUT2D eigenvalue weighted by Crippen LogP contribution is -2.25. The van der Waals surface area contributed by atoms with Gasteiger partial charge in [0.15, 0.2) is 0 Å². The minimum Gasteiger partial charge on any atom is -0.392 e.